The van der Waals surface area contributed by atoms with Crippen LogP contribution in [0.25, 0.3) is 27.9 Å². The number of nitrogens with two attached hydrogens (primary N) is 2. The minimum atomic E-state index is -0.322. The lowest BCUT2D eigenvalue weighted by Gasteiger charge is -2.13. The molecular formula is C28H30F2N10. The van der Waals surface area contributed by atoms with Crippen LogP contribution in [0.4, 0.5) is 20.4 Å². The third kappa shape index (κ3) is 5.90. The molecule has 4 heterocycles. The van der Waals surface area contributed by atoms with Gasteiger partial charge in [0.1, 0.15) is 34.3 Å². The first-order valence-electron chi connectivity index (χ1n) is 11.4. The van der Waals surface area contributed by atoms with Crippen molar-refractivity contribution in [2.24, 2.45) is 0 Å². The minimum Gasteiger partial charge on any atom is -0.384 e. The van der Waals surface area contributed by atoms with Gasteiger partial charge in [0.05, 0.1) is 0 Å². The molecule has 1 unspecified atom stereocenters. The summed E-state index contributed by atoms with van der Waals surface area (Å²) in [4.78, 5) is 8.14. The first-order valence-corrected chi connectivity index (χ1v) is 11.4. The van der Waals surface area contributed by atoms with Crippen LogP contribution in [0.3, 0.4) is 0 Å². The van der Waals surface area contributed by atoms with E-state index in [2.05, 4.69) is 47.4 Å². The van der Waals surface area contributed by atoms with Gasteiger partial charge in [-0.2, -0.15) is 20.6 Å². The smallest absolute Gasteiger partial charge is 0.204 e. The number of pyridine rings is 2. The average molecular weight is 545 g/mol. The van der Waals surface area contributed by atoms with E-state index in [9.17, 15) is 8.78 Å². The summed E-state index contributed by atoms with van der Waals surface area (Å²) >= 11 is 0. The van der Waals surface area contributed by atoms with Gasteiger partial charge in [0, 0.05) is 11.5 Å². The first kappa shape index (κ1) is 29.3. The maximum atomic E-state index is 13.3. The Morgan fingerprint density at radius 2 is 1.35 bits per heavy atom. The van der Waals surface area contributed by atoms with E-state index in [1.165, 1.54) is 24.3 Å². The molecule has 40 heavy (non-hydrogen) atoms. The van der Waals surface area contributed by atoms with Crippen molar-refractivity contribution in [2.75, 3.05) is 11.5 Å². The molecule has 1 atom stereocenters. The maximum Gasteiger partial charge on any atom is 0.204 e. The number of benzene rings is 2. The molecular weight excluding hydrogens is 514 g/mol. The number of aromatic nitrogens is 8. The van der Waals surface area contributed by atoms with Gasteiger partial charge >= 0.3 is 0 Å². The van der Waals surface area contributed by atoms with Crippen LogP contribution in [-0.4, -0.2) is 40.8 Å². The molecule has 0 aliphatic rings. The lowest BCUT2D eigenvalue weighted by atomic mass is 9.93. The summed E-state index contributed by atoms with van der Waals surface area (Å²) in [6.07, 6.45) is 0. The van der Waals surface area contributed by atoms with Gasteiger partial charge in [0.15, 0.2) is 0 Å². The molecule has 6 aromatic rings. The predicted octanol–water partition coefficient (Wildman–Crippen LogP) is 5.63. The average Bonchev–Trinajstić information content (AvgIpc) is 3.56. The zero-order chi connectivity index (χ0) is 26.8. The van der Waals surface area contributed by atoms with Gasteiger partial charge in [0.25, 0.3) is 0 Å². The largest absolute Gasteiger partial charge is 0.384 e. The third-order valence-corrected chi connectivity index (χ3v) is 5.97. The van der Waals surface area contributed by atoms with Crippen LogP contribution in [-0.2, 0) is 0 Å². The van der Waals surface area contributed by atoms with Crippen LogP contribution < -0.4 is 11.5 Å². The summed E-state index contributed by atoms with van der Waals surface area (Å²) < 4.78 is 26.6. The first-order chi connectivity index (χ1) is 18.3. The Kier molecular flexibility index (Phi) is 8.84. The summed E-state index contributed by atoms with van der Waals surface area (Å²) in [5.41, 5.74) is 17.3. The van der Waals surface area contributed by atoms with Crippen molar-refractivity contribution >= 4 is 39.5 Å². The molecule has 0 aliphatic heterocycles. The zero-order valence-electron chi connectivity index (χ0n) is 20.2. The molecule has 6 rings (SSSR count). The quantitative estimate of drug-likeness (QED) is 0.222. The van der Waals surface area contributed by atoms with Gasteiger partial charge in [-0.05, 0) is 58.7 Å². The summed E-state index contributed by atoms with van der Waals surface area (Å²) in [7, 11) is 0. The lowest BCUT2D eigenvalue weighted by molar-refractivity contribution is 0.624. The van der Waals surface area contributed by atoms with E-state index in [0.717, 1.165) is 11.1 Å². The van der Waals surface area contributed by atoms with Crippen LogP contribution in [0.2, 0.25) is 0 Å². The van der Waals surface area contributed by atoms with E-state index in [4.69, 9.17) is 11.5 Å². The highest BCUT2D eigenvalue weighted by atomic mass is 19.1. The van der Waals surface area contributed by atoms with E-state index in [1.54, 1.807) is 30.3 Å². The van der Waals surface area contributed by atoms with Crippen LogP contribution in [0, 0.1) is 11.6 Å². The van der Waals surface area contributed by atoms with E-state index in [-0.39, 0.29) is 32.4 Å². The number of nitrogens with zero attached hydrogens (tertiary/aromatic N) is 6. The molecule has 0 fully saturated rings. The Labute approximate surface area is 229 Å². The summed E-state index contributed by atoms with van der Waals surface area (Å²) in [5.74, 6) is 0.0575. The fraction of sp³-hybridized carbons (Fsp3) is 0.143. The molecule has 10 nitrogen and oxygen atoms in total. The Morgan fingerprint density at radius 1 is 0.775 bits per heavy atom. The van der Waals surface area contributed by atoms with Crippen molar-refractivity contribution in [1.82, 2.24) is 40.8 Å². The molecule has 0 saturated heterocycles. The van der Waals surface area contributed by atoms with Crippen LogP contribution in [0.5, 0.6) is 0 Å². The van der Waals surface area contributed by atoms with Gasteiger partial charge in [0.2, 0.25) is 11.3 Å². The number of aromatic amines is 2. The van der Waals surface area contributed by atoms with Gasteiger partial charge in [-0.3, -0.25) is 0 Å². The second kappa shape index (κ2) is 12.1. The van der Waals surface area contributed by atoms with Crippen LogP contribution in [0.15, 0.2) is 67.2 Å². The number of hydrogen-bond acceptors (Lipinski definition) is 8. The van der Waals surface area contributed by atoms with Crippen molar-refractivity contribution in [1.29, 1.82) is 0 Å². The second-order valence-electron chi connectivity index (χ2n) is 8.49. The van der Waals surface area contributed by atoms with E-state index < -0.39 is 0 Å². The van der Waals surface area contributed by atoms with Crippen molar-refractivity contribution in [3.8, 4) is 0 Å². The molecule has 206 valence electrons. The van der Waals surface area contributed by atoms with Gasteiger partial charge in [-0.15, -0.1) is 10.2 Å². The molecule has 0 aliphatic carbocycles. The number of nitrogens with one attached hydrogen (secondary N) is 2. The standard InChI is InChI=1S/C13H12FN5.C13H10FN5.2CH4/c2*1-7(8-3-2-4-9(14)5-8)10-6-11(15)16-13-12(10)17-19-18-13;;/h2-7H,1H3,(H3,15,16,17,18,19);2-6H,1H2,(H3,15,16,17,18,19);2*1H4. The summed E-state index contributed by atoms with van der Waals surface area (Å²) in [5, 5.41) is 20.9. The topological polar surface area (TPSA) is 161 Å². The van der Waals surface area contributed by atoms with Crippen molar-refractivity contribution in [3.63, 3.8) is 0 Å². The predicted molar refractivity (Wildman–Crippen MR) is 154 cm³/mol. The van der Waals surface area contributed by atoms with E-state index in [0.29, 0.717) is 50.7 Å². The number of fused-ring (bicyclic) bond motifs is 2. The molecule has 0 spiro atoms. The van der Waals surface area contributed by atoms with E-state index >= 15 is 0 Å². The molecule has 6 N–H and O–H groups in total. The molecule has 12 heteroatoms. The maximum absolute atomic E-state index is 13.3. The molecule has 0 bridgehead atoms. The van der Waals surface area contributed by atoms with Crippen molar-refractivity contribution < 1.29 is 8.78 Å². The number of hydrogen-bond donors (Lipinski definition) is 4. The third-order valence-electron chi connectivity index (χ3n) is 5.97. The van der Waals surface area contributed by atoms with E-state index in [1.807, 2.05) is 13.0 Å². The fourth-order valence-corrected chi connectivity index (χ4v) is 4.08. The highest BCUT2D eigenvalue weighted by Crippen LogP contribution is 2.30. The molecule has 0 amide bonds. The van der Waals surface area contributed by atoms with Gasteiger partial charge in [-0.25, -0.2) is 18.7 Å². The fourth-order valence-electron chi connectivity index (χ4n) is 4.08. The lowest BCUT2D eigenvalue weighted by Crippen LogP contribution is -2.01. The van der Waals surface area contributed by atoms with Crippen LogP contribution >= 0.6 is 0 Å². The summed E-state index contributed by atoms with van der Waals surface area (Å²) in [6, 6.07) is 16.1. The monoisotopic (exact) mass is 544 g/mol. The molecule has 2 aromatic carbocycles. The molecule has 0 saturated carbocycles. The Morgan fingerprint density at radius 3 is 2.00 bits per heavy atom. The summed E-state index contributed by atoms with van der Waals surface area (Å²) in [6.45, 7) is 5.95. The minimum absolute atomic E-state index is 0. The zero-order valence-corrected chi connectivity index (χ0v) is 20.2. The highest BCUT2D eigenvalue weighted by Gasteiger charge is 2.17. The van der Waals surface area contributed by atoms with Gasteiger partial charge in [-0.1, -0.05) is 52.6 Å². The number of anilines is 2. The van der Waals surface area contributed by atoms with Crippen molar-refractivity contribution in [3.05, 3.63) is 101 Å². The number of halogens is 2. The Bertz CT molecular complexity index is 1780. The normalized spacial score (nSPS) is 11.2. The number of H-pyrrole nitrogens is 2. The van der Waals surface area contributed by atoms with Crippen molar-refractivity contribution in [2.45, 2.75) is 27.7 Å². The number of rotatable bonds is 4. The van der Waals surface area contributed by atoms with Gasteiger partial charge < -0.3 is 11.5 Å². The second-order valence-corrected chi connectivity index (χ2v) is 8.49. The number of nitrogen functional groups attached to an aromatic ring is 2. The SMILES string of the molecule is C.C.C=C(c1cccc(F)c1)c1cc(N)nc2n[nH]nc12.CC(c1cccc(F)c1)c1cc(N)nc2n[nH]nc12. The molecule has 0 radical (unpaired) electrons. The molecule has 4 aromatic heterocycles. The Balaban J connectivity index is 0.000000210. The highest BCUT2D eigenvalue weighted by molar-refractivity contribution is 5.92. The Hall–Kier alpha value is -5.26. The van der Waals surface area contributed by atoms with Crippen LogP contribution in [0.1, 0.15) is 49.9 Å².